The number of nitrogens with zero attached hydrogens (tertiary/aromatic N) is 3. The Bertz CT molecular complexity index is 548. The number of thiazole rings is 1. The molecule has 1 amide bonds. The number of aliphatic hydroxyl groups is 1. The van der Waals surface area contributed by atoms with Gasteiger partial charge in [-0.15, -0.1) is 11.3 Å². The monoisotopic (exact) mass is 371 g/mol. The summed E-state index contributed by atoms with van der Waals surface area (Å²) < 4.78 is 6.34. The largest absolute Gasteiger partial charge is 0.396 e. The van der Waals surface area contributed by atoms with Crippen LogP contribution in [-0.4, -0.2) is 84.1 Å². The van der Waals surface area contributed by atoms with Crippen LogP contribution in [0.25, 0.3) is 0 Å². The summed E-state index contributed by atoms with van der Waals surface area (Å²) in [6.45, 7) is 7.93. The zero-order valence-corrected chi connectivity index (χ0v) is 15.7. The lowest BCUT2D eigenvalue weighted by molar-refractivity contribution is -0.127. The molecular weight excluding hydrogens is 346 g/mol. The lowest BCUT2D eigenvalue weighted by atomic mass is 9.96. The number of hydrogen-bond donors (Lipinski definition) is 1. The van der Waals surface area contributed by atoms with E-state index in [2.05, 4.69) is 9.88 Å². The summed E-state index contributed by atoms with van der Waals surface area (Å²) in [7, 11) is 0. The maximum absolute atomic E-state index is 12.5. The lowest BCUT2D eigenvalue weighted by Crippen LogP contribution is -2.41. The summed E-state index contributed by atoms with van der Waals surface area (Å²) in [6.07, 6.45) is 0. The van der Waals surface area contributed by atoms with Crippen LogP contribution >= 0.6 is 23.1 Å². The van der Waals surface area contributed by atoms with Crippen molar-refractivity contribution < 1.29 is 14.6 Å². The van der Waals surface area contributed by atoms with E-state index in [0.29, 0.717) is 18.2 Å². The van der Waals surface area contributed by atoms with Gasteiger partial charge in [-0.05, 0) is 12.8 Å². The molecule has 0 aromatic carbocycles. The first-order valence-corrected chi connectivity index (χ1v) is 10.3. The maximum Gasteiger partial charge on any atom is 0.233 e. The molecule has 2 aliphatic rings. The van der Waals surface area contributed by atoms with Crippen LogP contribution in [0.5, 0.6) is 0 Å². The van der Waals surface area contributed by atoms with Gasteiger partial charge in [0.2, 0.25) is 5.91 Å². The molecule has 0 unspecified atom stereocenters. The maximum atomic E-state index is 12.5. The fourth-order valence-electron chi connectivity index (χ4n) is 3.28. The topological polar surface area (TPSA) is 65.9 Å². The number of carbonyl (C=O) groups excluding carboxylic acids is 1. The molecule has 134 valence electrons. The third-order valence-electron chi connectivity index (χ3n) is 4.68. The van der Waals surface area contributed by atoms with Gasteiger partial charge in [-0.2, -0.15) is 0 Å². The van der Waals surface area contributed by atoms with Crippen LogP contribution in [0.15, 0.2) is 9.72 Å². The molecule has 24 heavy (non-hydrogen) atoms. The van der Waals surface area contributed by atoms with Crippen LogP contribution in [0.3, 0.4) is 0 Å². The molecule has 2 saturated heterocycles. The third kappa shape index (κ3) is 4.70. The number of thioether (sulfide) groups is 1. The van der Waals surface area contributed by atoms with E-state index in [9.17, 15) is 9.90 Å². The zero-order valence-electron chi connectivity index (χ0n) is 14.0. The Morgan fingerprint density at radius 3 is 2.83 bits per heavy atom. The Kier molecular flexibility index (Phi) is 6.51. The molecule has 8 heteroatoms. The third-order valence-corrected chi connectivity index (χ3v) is 6.80. The SMILES string of the molecule is Cc1csc(SCC(=O)N2C[C@@H](CN3CCOCC3)[C@@H](CO)C2)n1. The van der Waals surface area contributed by atoms with Crippen LogP contribution in [0.4, 0.5) is 0 Å². The average Bonchev–Trinajstić information content (AvgIpc) is 3.19. The molecule has 3 heterocycles. The highest BCUT2D eigenvalue weighted by Crippen LogP contribution is 2.27. The predicted molar refractivity (Wildman–Crippen MR) is 95.5 cm³/mol. The number of hydrogen-bond acceptors (Lipinski definition) is 7. The van der Waals surface area contributed by atoms with E-state index >= 15 is 0 Å². The van der Waals surface area contributed by atoms with Gasteiger partial charge in [0.25, 0.3) is 0 Å². The number of carbonyl (C=O) groups is 1. The number of aliphatic hydroxyl groups excluding tert-OH is 1. The molecule has 6 nitrogen and oxygen atoms in total. The first-order chi connectivity index (χ1) is 11.7. The fraction of sp³-hybridized carbons (Fsp3) is 0.750. The summed E-state index contributed by atoms with van der Waals surface area (Å²) in [5.41, 5.74) is 1.00. The molecular formula is C16H25N3O3S2. The van der Waals surface area contributed by atoms with Crippen molar-refractivity contribution in [2.75, 3.05) is 58.3 Å². The number of amides is 1. The zero-order chi connectivity index (χ0) is 16.9. The van der Waals surface area contributed by atoms with Gasteiger partial charge in [-0.1, -0.05) is 11.8 Å². The van der Waals surface area contributed by atoms with Crippen molar-refractivity contribution in [3.05, 3.63) is 11.1 Å². The normalized spacial score (nSPS) is 25.3. The molecule has 0 saturated carbocycles. The standard InChI is InChI=1S/C16H25N3O3S2/c1-12-10-23-16(17-12)24-11-15(21)19-7-13(14(8-19)9-20)6-18-2-4-22-5-3-18/h10,13-14,20H,2-9,11H2,1H3/t13-,14-/m1/s1. The minimum Gasteiger partial charge on any atom is -0.396 e. The van der Waals surface area contributed by atoms with Crippen LogP contribution in [-0.2, 0) is 9.53 Å². The molecule has 0 bridgehead atoms. The van der Waals surface area contributed by atoms with Gasteiger partial charge in [-0.25, -0.2) is 4.98 Å². The van der Waals surface area contributed by atoms with E-state index in [4.69, 9.17) is 4.74 Å². The molecule has 2 aliphatic heterocycles. The molecule has 1 aromatic heterocycles. The Morgan fingerprint density at radius 1 is 1.42 bits per heavy atom. The first kappa shape index (κ1) is 18.1. The summed E-state index contributed by atoms with van der Waals surface area (Å²) in [6, 6.07) is 0. The quantitative estimate of drug-likeness (QED) is 0.751. The van der Waals surface area contributed by atoms with E-state index in [-0.39, 0.29) is 18.4 Å². The van der Waals surface area contributed by atoms with Crippen molar-refractivity contribution in [3.8, 4) is 0 Å². The summed E-state index contributed by atoms with van der Waals surface area (Å²) in [5.74, 6) is 1.11. The van der Waals surface area contributed by atoms with E-state index in [1.54, 1.807) is 11.3 Å². The molecule has 1 N–H and O–H groups in total. The van der Waals surface area contributed by atoms with Crippen LogP contribution in [0.1, 0.15) is 5.69 Å². The van der Waals surface area contributed by atoms with E-state index in [1.165, 1.54) is 11.8 Å². The number of morpholine rings is 1. The van der Waals surface area contributed by atoms with Crippen molar-refractivity contribution in [1.82, 2.24) is 14.8 Å². The summed E-state index contributed by atoms with van der Waals surface area (Å²) in [5, 5.41) is 11.7. The minimum atomic E-state index is 0.149. The van der Waals surface area contributed by atoms with E-state index in [0.717, 1.165) is 49.4 Å². The molecule has 2 atom stereocenters. The number of aryl methyl sites for hydroxylation is 1. The summed E-state index contributed by atoms with van der Waals surface area (Å²) in [4.78, 5) is 21.2. The summed E-state index contributed by atoms with van der Waals surface area (Å²) >= 11 is 3.09. The smallest absolute Gasteiger partial charge is 0.233 e. The molecule has 0 aliphatic carbocycles. The lowest BCUT2D eigenvalue weighted by Gasteiger charge is -2.30. The average molecular weight is 372 g/mol. The second-order valence-electron chi connectivity index (χ2n) is 6.46. The highest BCUT2D eigenvalue weighted by molar-refractivity contribution is 8.01. The Balaban J connectivity index is 1.49. The van der Waals surface area contributed by atoms with Gasteiger partial charge >= 0.3 is 0 Å². The fourth-order valence-corrected chi connectivity index (χ4v) is 5.04. The Hall–Kier alpha value is -0.670. The minimum absolute atomic E-state index is 0.149. The highest BCUT2D eigenvalue weighted by atomic mass is 32.2. The molecule has 1 aromatic rings. The van der Waals surface area contributed by atoms with Gasteiger partial charge < -0.3 is 14.7 Å². The van der Waals surface area contributed by atoms with Crippen LogP contribution < -0.4 is 0 Å². The van der Waals surface area contributed by atoms with Gasteiger partial charge in [0.1, 0.15) is 0 Å². The second-order valence-corrected chi connectivity index (χ2v) is 8.54. The number of aromatic nitrogens is 1. The molecule has 0 spiro atoms. The van der Waals surface area contributed by atoms with Gasteiger partial charge in [-0.3, -0.25) is 9.69 Å². The molecule has 3 rings (SSSR count). The van der Waals surface area contributed by atoms with Crippen LogP contribution in [0.2, 0.25) is 0 Å². The Labute approximate surface area is 151 Å². The highest BCUT2D eigenvalue weighted by Gasteiger charge is 2.35. The van der Waals surface area contributed by atoms with Crippen molar-refractivity contribution >= 4 is 29.0 Å². The van der Waals surface area contributed by atoms with E-state index < -0.39 is 0 Å². The van der Waals surface area contributed by atoms with Gasteiger partial charge in [0, 0.05) is 56.3 Å². The molecule has 2 fully saturated rings. The van der Waals surface area contributed by atoms with E-state index in [1.807, 2.05) is 17.2 Å². The van der Waals surface area contributed by atoms with Gasteiger partial charge in [0.05, 0.1) is 19.0 Å². The first-order valence-electron chi connectivity index (χ1n) is 8.39. The predicted octanol–water partition coefficient (Wildman–Crippen LogP) is 0.943. The van der Waals surface area contributed by atoms with Gasteiger partial charge in [0.15, 0.2) is 4.34 Å². The van der Waals surface area contributed by atoms with Crippen molar-refractivity contribution in [2.24, 2.45) is 11.8 Å². The van der Waals surface area contributed by atoms with Crippen LogP contribution in [0, 0.1) is 18.8 Å². The van der Waals surface area contributed by atoms with Crippen molar-refractivity contribution in [1.29, 1.82) is 0 Å². The number of ether oxygens (including phenoxy) is 1. The Morgan fingerprint density at radius 2 is 2.17 bits per heavy atom. The second kappa shape index (κ2) is 8.62. The number of rotatable bonds is 6. The number of likely N-dealkylation sites (tertiary alicyclic amines) is 1. The molecule has 0 radical (unpaired) electrons. The van der Waals surface area contributed by atoms with Crippen molar-refractivity contribution in [2.45, 2.75) is 11.3 Å². The van der Waals surface area contributed by atoms with Crippen molar-refractivity contribution in [3.63, 3.8) is 0 Å².